The van der Waals surface area contributed by atoms with E-state index in [2.05, 4.69) is 0 Å². The zero-order valence-corrected chi connectivity index (χ0v) is 21.2. The number of fused-ring (bicyclic) bond motifs is 1. The summed E-state index contributed by atoms with van der Waals surface area (Å²) in [4.78, 5) is 23.5. The molecule has 0 N–H and O–H groups in total. The van der Waals surface area contributed by atoms with Crippen LogP contribution < -0.4 is 9.47 Å². The van der Waals surface area contributed by atoms with E-state index >= 15 is 0 Å². The van der Waals surface area contributed by atoms with Gasteiger partial charge in [0.15, 0.2) is 0 Å². The van der Waals surface area contributed by atoms with E-state index in [4.69, 9.17) is 23.4 Å². The second-order valence-corrected chi connectivity index (χ2v) is 8.61. The van der Waals surface area contributed by atoms with E-state index in [0.29, 0.717) is 30.5 Å². The third kappa shape index (κ3) is 6.91. The number of furan rings is 1. The number of hydrogen-bond acceptors (Lipinski definition) is 7. The van der Waals surface area contributed by atoms with Crippen LogP contribution in [0.25, 0.3) is 11.0 Å². The number of benzene rings is 3. The molecule has 0 amide bonds. The number of hydrogen-bond donors (Lipinski definition) is 0. The van der Waals surface area contributed by atoms with Crippen LogP contribution in [-0.2, 0) is 45.1 Å². The molecule has 3 aromatic carbocycles. The van der Waals surface area contributed by atoms with Crippen LogP contribution in [0.2, 0.25) is 0 Å². The van der Waals surface area contributed by atoms with E-state index in [1.54, 1.807) is 6.92 Å². The van der Waals surface area contributed by atoms with Gasteiger partial charge in [-0.15, -0.1) is 0 Å². The molecule has 4 aromatic rings. The standard InChI is InChI=1S/C30H30O7/c1-4-34-29(32)17-23-9-5-6-11-27(23)36-19-26-16-24-13-22(12-20(2)30(24)37-26)18-35-25-10-7-8-21(14-25)15-28(31)33-3/h5-14,16H,4,15,17-19H2,1-3H3. The molecule has 7 nitrogen and oxygen atoms in total. The largest absolute Gasteiger partial charge is 0.489 e. The number of carbonyl (C=O) groups is 2. The Morgan fingerprint density at radius 1 is 0.838 bits per heavy atom. The molecule has 7 heteroatoms. The van der Waals surface area contributed by atoms with Gasteiger partial charge >= 0.3 is 11.9 Å². The summed E-state index contributed by atoms with van der Waals surface area (Å²) >= 11 is 0. The minimum atomic E-state index is -0.291. The molecule has 1 aromatic heterocycles. The van der Waals surface area contributed by atoms with Crippen LogP contribution in [0.3, 0.4) is 0 Å². The molecular weight excluding hydrogens is 472 g/mol. The number of rotatable bonds is 11. The Morgan fingerprint density at radius 2 is 1.68 bits per heavy atom. The Hall–Kier alpha value is -4.26. The molecule has 0 spiro atoms. The predicted octanol–water partition coefficient (Wildman–Crippen LogP) is 5.72. The minimum absolute atomic E-state index is 0.151. The van der Waals surface area contributed by atoms with Crippen LogP contribution in [0.15, 0.2) is 71.1 Å². The van der Waals surface area contributed by atoms with E-state index in [9.17, 15) is 9.59 Å². The number of ether oxygens (including phenoxy) is 4. The molecular formula is C30H30O7. The summed E-state index contributed by atoms with van der Waals surface area (Å²) in [5, 5.41) is 0.955. The van der Waals surface area contributed by atoms with Crippen molar-refractivity contribution in [2.75, 3.05) is 13.7 Å². The third-order valence-electron chi connectivity index (χ3n) is 5.78. The first-order valence-corrected chi connectivity index (χ1v) is 12.1. The quantitative estimate of drug-likeness (QED) is 0.243. The maximum Gasteiger partial charge on any atom is 0.310 e. The maximum absolute atomic E-state index is 11.9. The molecule has 0 aliphatic heterocycles. The maximum atomic E-state index is 11.9. The lowest BCUT2D eigenvalue weighted by Crippen LogP contribution is -2.09. The Bertz CT molecular complexity index is 1390. The smallest absolute Gasteiger partial charge is 0.310 e. The summed E-state index contributed by atoms with van der Waals surface area (Å²) in [6, 6.07) is 20.9. The van der Waals surface area contributed by atoms with Gasteiger partial charge in [0.1, 0.15) is 36.1 Å². The number of aryl methyl sites for hydroxylation is 1. The molecule has 1 heterocycles. The lowest BCUT2D eigenvalue weighted by molar-refractivity contribution is -0.142. The lowest BCUT2D eigenvalue weighted by Gasteiger charge is -2.10. The van der Waals surface area contributed by atoms with Gasteiger partial charge < -0.3 is 23.4 Å². The van der Waals surface area contributed by atoms with Crippen molar-refractivity contribution in [3.05, 3.63) is 94.7 Å². The molecule has 0 radical (unpaired) electrons. The Kier molecular flexibility index (Phi) is 8.46. The van der Waals surface area contributed by atoms with Gasteiger partial charge in [0.2, 0.25) is 0 Å². The molecule has 0 unspecified atom stereocenters. The van der Waals surface area contributed by atoms with Gasteiger partial charge in [-0.1, -0.05) is 30.3 Å². The highest BCUT2D eigenvalue weighted by molar-refractivity contribution is 5.82. The Balaban J connectivity index is 1.42. The van der Waals surface area contributed by atoms with Gasteiger partial charge in [0.25, 0.3) is 0 Å². The summed E-state index contributed by atoms with van der Waals surface area (Å²) in [5.41, 5.74) is 4.38. The highest BCUT2D eigenvalue weighted by atomic mass is 16.5. The molecule has 0 aliphatic rings. The monoisotopic (exact) mass is 502 g/mol. The van der Waals surface area contributed by atoms with E-state index < -0.39 is 0 Å². The average molecular weight is 503 g/mol. The van der Waals surface area contributed by atoms with Crippen molar-refractivity contribution in [3.8, 4) is 11.5 Å². The van der Waals surface area contributed by atoms with E-state index in [1.807, 2.05) is 73.7 Å². The lowest BCUT2D eigenvalue weighted by atomic mass is 10.1. The highest BCUT2D eigenvalue weighted by Gasteiger charge is 2.13. The molecule has 0 bridgehead atoms. The summed E-state index contributed by atoms with van der Waals surface area (Å²) in [6.07, 6.45) is 0.351. The minimum Gasteiger partial charge on any atom is -0.489 e. The van der Waals surface area contributed by atoms with E-state index in [-0.39, 0.29) is 31.4 Å². The van der Waals surface area contributed by atoms with Crippen LogP contribution in [0.5, 0.6) is 11.5 Å². The van der Waals surface area contributed by atoms with Crippen LogP contribution >= 0.6 is 0 Å². The summed E-state index contributed by atoms with van der Waals surface area (Å²) < 4.78 is 27.8. The molecule has 192 valence electrons. The van der Waals surface area contributed by atoms with Crippen molar-refractivity contribution in [2.24, 2.45) is 0 Å². The van der Waals surface area contributed by atoms with Gasteiger partial charge in [-0.3, -0.25) is 9.59 Å². The Morgan fingerprint density at radius 3 is 2.49 bits per heavy atom. The van der Waals surface area contributed by atoms with Crippen LogP contribution in [0, 0.1) is 6.92 Å². The zero-order chi connectivity index (χ0) is 26.2. The van der Waals surface area contributed by atoms with Gasteiger partial charge in [-0.25, -0.2) is 0 Å². The summed E-state index contributed by atoms with van der Waals surface area (Å²) in [5.74, 6) is 1.40. The SMILES string of the molecule is CCOC(=O)Cc1ccccc1OCc1cc2cc(COc3cccc(CC(=O)OC)c3)cc(C)c2o1. The fraction of sp³-hybridized carbons (Fsp3) is 0.267. The van der Waals surface area contributed by atoms with Gasteiger partial charge in [-0.2, -0.15) is 0 Å². The van der Waals surface area contributed by atoms with Crippen molar-refractivity contribution in [1.29, 1.82) is 0 Å². The van der Waals surface area contributed by atoms with Gasteiger partial charge in [-0.05, 0) is 66.9 Å². The average Bonchev–Trinajstić information content (AvgIpc) is 3.31. The summed E-state index contributed by atoms with van der Waals surface area (Å²) in [6.45, 7) is 4.72. The van der Waals surface area contributed by atoms with Crippen LogP contribution in [-0.4, -0.2) is 25.7 Å². The number of esters is 2. The van der Waals surface area contributed by atoms with E-state index in [0.717, 1.165) is 33.2 Å². The predicted molar refractivity (Wildman–Crippen MR) is 139 cm³/mol. The second-order valence-electron chi connectivity index (χ2n) is 8.61. The van der Waals surface area contributed by atoms with Gasteiger partial charge in [0, 0.05) is 10.9 Å². The number of methoxy groups -OCH3 is 1. The molecule has 0 saturated heterocycles. The first-order valence-electron chi connectivity index (χ1n) is 12.1. The number of para-hydroxylation sites is 1. The second kappa shape index (κ2) is 12.1. The Labute approximate surface area is 215 Å². The zero-order valence-electron chi connectivity index (χ0n) is 21.2. The topological polar surface area (TPSA) is 84.2 Å². The molecule has 0 saturated carbocycles. The first-order chi connectivity index (χ1) is 17.9. The van der Waals surface area contributed by atoms with Crippen molar-refractivity contribution in [2.45, 2.75) is 39.9 Å². The van der Waals surface area contributed by atoms with Crippen molar-refractivity contribution in [3.63, 3.8) is 0 Å². The number of carbonyl (C=O) groups excluding carboxylic acids is 2. The van der Waals surface area contributed by atoms with Crippen LogP contribution in [0.1, 0.15) is 34.9 Å². The van der Waals surface area contributed by atoms with Crippen molar-refractivity contribution >= 4 is 22.9 Å². The molecule has 0 fully saturated rings. The fourth-order valence-electron chi connectivity index (χ4n) is 4.07. The summed E-state index contributed by atoms with van der Waals surface area (Å²) in [7, 11) is 1.37. The molecule has 4 rings (SSSR count). The van der Waals surface area contributed by atoms with E-state index in [1.165, 1.54) is 7.11 Å². The fourth-order valence-corrected chi connectivity index (χ4v) is 4.07. The molecule has 37 heavy (non-hydrogen) atoms. The highest BCUT2D eigenvalue weighted by Crippen LogP contribution is 2.27. The molecule has 0 aliphatic carbocycles. The normalized spacial score (nSPS) is 10.8. The first kappa shape index (κ1) is 25.8. The van der Waals surface area contributed by atoms with Crippen molar-refractivity contribution < 1.29 is 33.0 Å². The molecule has 0 atom stereocenters. The van der Waals surface area contributed by atoms with Crippen molar-refractivity contribution in [1.82, 2.24) is 0 Å². The third-order valence-corrected chi connectivity index (χ3v) is 5.78. The van der Waals surface area contributed by atoms with Gasteiger partial charge in [0.05, 0.1) is 26.6 Å². The van der Waals surface area contributed by atoms with Crippen LogP contribution in [0.4, 0.5) is 0 Å².